The maximum Gasteiger partial charge on any atom is 0.350 e. The Morgan fingerprint density at radius 1 is 1.11 bits per heavy atom. The zero-order chi connectivity index (χ0) is 20.1. The lowest BCUT2D eigenvalue weighted by Gasteiger charge is -2.13. The largest absolute Gasteiger partial charge is 0.462 e. The lowest BCUT2D eigenvalue weighted by Crippen LogP contribution is -2.14. The highest BCUT2D eigenvalue weighted by Crippen LogP contribution is 2.32. The summed E-state index contributed by atoms with van der Waals surface area (Å²) in [7, 11) is 3.82. The van der Waals surface area contributed by atoms with E-state index < -0.39 is 5.97 Å². The number of hydrogen-bond donors (Lipinski definition) is 1. The molecule has 0 spiro atoms. The molecule has 0 aliphatic heterocycles. The Hall–Kier alpha value is -3.19. The van der Waals surface area contributed by atoms with Gasteiger partial charge in [-0.3, -0.25) is 10.1 Å². The van der Waals surface area contributed by atoms with Crippen LogP contribution in [0, 0.1) is 0 Å². The molecule has 0 aliphatic carbocycles. The van der Waals surface area contributed by atoms with Crippen LogP contribution < -0.4 is 10.2 Å². The summed E-state index contributed by atoms with van der Waals surface area (Å²) in [5, 5.41) is 3.14. The number of hydrogen-bond acceptors (Lipinski definition) is 6. The van der Waals surface area contributed by atoms with Crippen molar-refractivity contribution in [3.63, 3.8) is 0 Å². The van der Waals surface area contributed by atoms with Crippen molar-refractivity contribution < 1.29 is 14.3 Å². The lowest BCUT2D eigenvalue weighted by atomic mass is 10.1. The number of nitrogens with one attached hydrogen (secondary N) is 1. The predicted octanol–water partition coefficient (Wildman–Crippen LogP) is 4.31. The van der Waals surface area contributed by atoms with Crippen LogP contribution in [-0.4, -0.2) is 37.6 Å². The molecule has 0 saturated carbocycles. The highest BCUT2D eigenvalue weighted by molar-refractivity contribution is 7.18. The molecule has 0 bridgehead atoms. The summed E-state index contributed by atoms with van der Waals surface area (Å²) in [6.07, 6.45) is 0. The number of esters is 1. The van der Waals surface area contributed by atoms with Crippen molar-refractivity contribution in [3.05, 3.63) is 65.0 Å². The molecule has 1 N–H and O–H groups in total. The normalized spacial score (nSPS) is 10.4. The van der Waals surface area contributed by atoms with Crippen LogP contribution in [-0.2, 0) is 4.74 Å². The van der Waals surface area contributed by atoms with E-state index in [0.29, 0.717) is 21.3 Å². The number of anilines is 2. The van der Waals surface area contributed by atoms with E-state index in [4.69, 9.17) is 4.74 Å². The summed E-state index contributed by atoms with van der Waals surface area (Å²) in [4.78, 5) is 31.8. The molecule has 7 heteroatoms. The van der Waals surface area contributed by atoms with Crippen LogP contribution in [0.3, 0.4) is 0 Å². The van der Waals surface area contributed by atoms with Crippen molar-refractivity contribution in [1.29, 1.82) is 0 Å². The van der Waals surface area contributed by atoms with Crippen LogP contribution in [0.2, 0.25) is 0 Å². The van der Waals surface area contributed by atoms with Gasteiger partial charge in [-0.05, 0) is 25.1 Å². The molecule has 0 fully saturated rings. The van der Waals surface area contributed by atoms with Gasteiger partial charge < -0.3 is 9.64 Å². The Labute approximate surface area is 167 Å². The third-order valence-electron chi connectivity index (χ3n) is 3.98. The summed E-state index contributed by atoms with van der Waals surface area (Å²) in [5.41, 5.74) is 2.72. The summed E-state index contributed by atoms with van der Waals surface area (Å²) >= 11 is 1.11. The minimum absolute atomic E-state index is 0.268. The quantitative estimate of drug-likeness (QED) is 0.630. The Bertz CT molecular complexity index is 984. The van der Waals surface area contributed by atoms with Gasteiger partial charge >= 0.3 is 5.97 Å². The van der Waals surface area contributed by atoms with Gasteiger partial charge in [-0.25, -0.2) is 9.78 Å². The van der Waals surface area contributed by atoms with Crippen LogP contribution in [0.25, 0.3) is 11.3 Å². The standard InChI is InChI=1S/C21H21N3O3S/c1-4-27-20(26)18-17(14-9-6-5-7-10-14)22-21(28-18)23-19(25)15-11-8-12-16(13-15)24(2)3/h5-13H,4H2,1-3H3,(H,22,23,25). The first-order chi connectivity index (χ1) is 13.5. The number of ether oxygens (including phenoxy) is 1. The number of carbonyl (C=O) groups is 2. The number of amides is 1. The highest BCUT2D eigenvalue weighted by atomic mass is 32.1. The van der Waals surface area contributed by atoms with E-state index in [2.05, 4.69) is 10.3 Å². The summed E-state index contributed by atoms with van der Waals surface area (Å²) in [6, 6.07) is 16.6. The molecule has 1 aromatic heterocycles. The zero-order valence-electron chi connectivity index (χ0n) is 15.9. The SMILES string of the molecule is CCOC(=O)c1sc(NC(=O)c2cccc(N(C)C)c2)nc1-c1ccccc1. The second-order valence-electron chi connectivity index (χ2n) is 6.18. The molecule has 0 radical (unpaired) electrons. The number of carbonyl (C=O) groups excluding carboxylic acids is 2. The maximum absolute atomic E-state index is 12.7. The van der Waals surface area contributed by atoms with Crippen LogP contribution in [0.4, 0.5) is 10.8 Å². The molecule has 1 heterocycles. The minimum Gasteiger partial charge on any atom is -0.462 e. The van der Waals surface area contributed by atoms with Crippen LogP contribution >= 0.6 is 11.3 Å². The molecule has 2 aromatic carbocycles. The van der Waals surface area contributed by atoms with E-state index in [1.165, 1.54) is 0 Å². The molecule has 0 atom stereocenters. The molecule has 6 nitrogen and oxygen atoms in total. The van der Waals surface area contributed by atoms with Gasteiger partial charge in [-0.2, -0.15) is 0 Å². The average molecular weight is 395 g/mol. The predicted molar refractivity (Wildman–Crippen MR) is 112 cm³/mol. The van der Waals surface area contributed by atoms with Crippen LogP contribution in [0.1, 0.15) is 27.0 Å². The maximum atomic E-state index is 12.7. The van der Waals surface area contributed by atoms with E-state index >= 15 is 0 Å². The smallest absolute Gasteiger partial charge is 0.350 e. The summed E-state index contributed by atoms with van der Waals surface area (Å²) < 4.78 is 5.15. The van der Waals surface area contributed by atoms with Crippen molar-refractivity contribution in [3.8, 4) is 11.3 Å². The van der Waals surface area contributed by atoms with Crippen molar-refractivity contribution in [2.75, 3.05) is 30.9 Å². The van der Waals surface area contributed by atoms with Gasteiger partial charge in [0.2, 0.25) is 0 Å². The monoisotopic (exact) mass is 395 g/mol. The fraction of sp³-hybridized carbons (Fsp3) is 0.190. The first-order valence-corrected chi connectivity index (χ1v) is 9.63. The fourth-order valence-electron chi connectivity index (χ4n) is 2.59. The molecule has 0 unspecified atom stereocenters. The van der Waals surface area contributed by atoms with Crippen molar-refractivity contribution in [2.45, 2.75) is 6.92 Å². The van der Waals surface area contributed by atoms with Gasteiger partial charge in [-0.15, -0.1) is 0 Å². The number of nitrogens with zero attached hydrogens (tertiary/aromatic N) is 2. The van der Waals surface area contributed by atoms with E-state index in [1.54, 1.807) is 19.1 Å². The molecule has 28 heavy (non-hydrogen) atoms. The molecule has 1 amide bonds. The van der Waals surface area contributed by atoms with Crippen LogP contribution in [0.5, 0.6) is 0 Å². The third-order valence-corrected chi connectivity index (χ3v) is 4.93. The average Bonchev–Trinajstić information content (AvgIpc) is 3.13. The first-order valence-electron chi connectivity index (χ1n) is 8.81. The summed E-state index contributed by atoms with van der Waals surface area (Å²) in [6.45, 7) is 2.02. The minimum atomic E-state index is -0.450. The Balaban J connectivity index is 1.91. The Morgan fingerprint density at radius 2 is 1.86 bits per heavy atom. The number of aromatic nitrogens is 1. The zero-order valence-corrected chi connectivity index (χ0v) is 16.7. The molecule has 3 rings (SSSR count). The second-order valence-corrected chi connectivity index (χ2v) is 7.18. The van der Waals surface area contributed by atoms with E-state index in [0.717, 1.165) is 22.6 Å². The van der Waals surface area contributed by atoms with Gasteiger partial charge in [0, 0.05) is 30.9 Å². The van der Waals surface area contributed by atoms with E-state index in [-0.39, 0.29) is 12.5 Å². The molecule has 3 aromatic rings. The van der Waals surface area contributed by atoms with Crippen molar-refractivity contribution >= 4 is 34.0 Å². The second kappa shape index (κ2) is 8.67. The van der Waals surface area contributed by atoms with Crippen LogP contribution in [0.15, 0.2) is 54.6 Å². The number of rotatable bonds is 6. The Morgan fingerprint density at radius 3 is 2.54 bits per heavy atom. The molecule has 144 valence electrons. The first kappa shape index (κ1) is 19.6. The van der Waals surface area contributed by atoms with Gasteiger partial charge in [0.1, 0.15) is 4.88 Å². The fourth-order valence-corrected chi connectivity index (χ4v) is 3.47. The third kappa shape index (κ3) is 4.37. The van der Waals surface area contributed by atoms with Gasteiger partial charge in [0.25, 0.3) is 5.91 Å². The molecular weight excluding hydrogens is 374 g/mol. The van der Waals surface area contributed by atoms with E-state index in [9.17, 15) is 9.59 Å². The van der Waals surface area contributed by atoms with Crippen molar-refractivity contribution in [1.82, 2.24) is 4.98 Å². The topological polar surface area (TPSA) is 71.5 Å². The number of thiazole rings is 1. The summed E-state index contributed by atoms with van der Waals surface area (Å²) in [5.74, 6) is -0.735. The number of benzene rings is 2. The van der Waals surface area contributed by atoms with Gasteiger partial charge in [-0.1, -0.05) is 47.7 Å². The lowest BCUT2D eigenvalue weighted by molar-refractivity contribution is 0.0532. The van der Waals surface area contributed by atoms with Gasteiger partial charge in [0.05, 0.1) is 12.3 Å². The Kier molecular flexibility index (Phi) is 6.06. The molecule has 0 saturated heterocycles. The molecule has 0 aliphatic rings. The van der Waals surface area contributed by atoms with Crippen molar-refractivity contribution in [2.24, 2.45) is 0 Å². The van der Waals surface area contributed by atoms with Gasteiger partial charge in [0.15, 0.2) is 5.13 Å². The highest BCUT2D eigenvalue weighted by Gasteiger charge is 2.21. The molecular formula is C21H21N3O3S. The van der Waals surface area contributed by atoms with E-state index in [1.807, 2.05) is 61.5 Å².